The Bertz CT molecular complexity index is 735. The van der Waals surface area contributed by atoms with Crippen molar-refractivity contribution < 1.29 is 14.6 Å². The van der Waals surface area contributed by atoms with Gasteiger partial charge in [-0.15, -0.1) is 0 Å². The molecule has 1 aromatic heterocycles. The van der Waals surface area contributed by atoms with Gasteiger partial charge in [0.25, 0.3) is 0 Å². The van der Waals surface area contributed by atoms with E-state index in [2.05, 4.69) is 4.98 Å². The van der Waals surface area contributed by atoms with Crippen molar-refractivity contribution in [3.63, 3.8) is 0 Å². The summed E-state index contributed by atoms with van der Waals surface area (Å²) in [6, 6.07) is 7.85. The van der Waals surface area contributed by atoms with E-state index in [4.69, 9.17) is 4.74 Å². The van der Waals surface area contributed by atoms with E-state index in [1.165, 1.54) is 0 Å². The van der Waals surface area contributed by atoms with Gasteiger partial charge < -0.3 is 19.3 Å². The zero-order chi connectivity index (χ0) is 18.5. The Morgan fingerprint density at radius 3 is 2.81 bits per heavy atom. The average molecular weight is 357 g/mol. The molecular weight excluding hydrogens is 330 g/mol. The largest absolute Gasteiger partial charge is 0.497 e. The molecule has 2 aromatic rings. The number of imidazole rings is 1. The Labute approximate surface area is 154 Å². The number of nitrogens with zero attached hydrogens (tertiary/aromatic N) is 3. The van der Waals surface area contributed by atoms with E-state index in [-0.39, 0.29) is 11.8 Å². The number of benzene rings is 1. The molecule has 1 aliphatic heterocycles. The van der Waals surface area contributed by atoms with E-state index < -0.39 is 6.10 Å². The lowest BCUT2D eigenvalue weighted by Crippen LogP contribution is -2.40. The normalized spacial score (nSPS) is 16.5. The molecule has 2 heterocycles. The summed E-state index contributed by atoms with van der Waals surface area (Å²) in [5.74, 6) is 1.85. The van der Waals surface area contributed by atoms with Crippen LogP contribution < -0.4 is 4.74 Å². The number of carbonyl (C=O) groups is 1. The maximum absolute atomic E-state index is 12.5. The van der Waals surface area contributed by atoms with Crippen LogP contribution in [0.5, 0.6) is 5.75 Å². The van der Waals surface area contributed by atoms with Crippen LogP contribution >= 0.6 is 0 Å². The first-order chi connectivity index (χ1) is 12.6. The molecule has 6 nitrogen and oxygen atoms in total. The number of ether oxygens (including phenoxy) is 1. The van der Waals surface area contributed by atoms with Crippen LogP contribution in [0.2, 0.25) is 0 Å². The van der Waals surface area contributed by atoms with Crippen molar-refractivity contribution in [2.45, 2.75) is 31.8 Å². The van der Waals surface area contributed by atoms with Gasteiger partial charge in [-0.2, -0.15) is 0 Å². The summed E-state index contributed by atoms with van der Waals surface area (Å²) in [4.78, 5) is 18.7. The average Bonchev–Trinajstić information content (AvgIpc) is 3.11. The van der Waals surface area contributed by atoms with Crippen LogP contribution in [0.25, 0.3) is 0 Å². The number of aliphatic hydroxyl groups is 1. The van der Waals surface area contributed by atoms with Crippen molar-refractivity contribution in [3.8, 4) is 5.75 Å². The minimum atomic E-state index is -0.566. The lowest BCUT2D eigenvalue weighted by molar-refractivity contribution is -0.133. The number of methoxy groups -OCH3 is 1. The van der Waals surface area contributed by atoms with E-state index in [0.717, 1.165) is 24.2 Å². The predicted octanol–water partition coefficient (Wildman–Crippen LogP) is 2.33. The number of aryl methyl sites for hydroxylation is 2. The van der Waals surface area contributed by atoms with Gasteiger partial charge in [0.15, 0.2) is 0 Å². The topological polar surface area (TPSA) is 67.6 Å². The molecule has 1 aromatic carbocycles. The van der Waals surface area contributed by atoms with Gasteiger partial charge >= 0.3 is 0 Å². The summed E-state index contributed by atoms with van der Waals surface area (Å²) < 4.78 is 7.08. The second-order valence-corrected chi connectivity index (χ2v) is 6.91. The molecule has 0 bridgehead atoms. The molecule has 1 N–H and O–H groups in total. The van der Waals surface area contributed by atoms with Gasteiger partial charge in [0.1, 0.15) is 17.7 Å². The minimum Gasteiger partial charge on any atom is -0.497 e. The number of rotatable bonds is 6. The van der Waals surface area contributed by atoms with Crippen LogP contribution in [-0.2, 0) is 18.3 Å². The zero-order valence-corrected chi connectivity index (χ0v) is 15.5. The third-order valence-corrected chi connectivity index (χ3v) is 5.22. The van der Waals surface area contributed by atoms with Crippen molar-refractivity contribution in [2.75, 3.05) is 20.2 Å². The highest BCUT2D eigenvalue weighted by Crippen LogP contribution is 2.30. The van der Waals surface area contributed by atoms with E-state index in [1.54, 1.807) is 13.3 Å². The predicted molar refractivity (Wildman–Crippen MR) is 98.8 cm³/mol. The third-order valence-electron chi connectivity index (χ3n) is 5.22. The molecule has 0 saturated carbocycles. The van der Waals surface area contributed by atoms with Crippen molar-refractivity contribution in [2.24, 2.45) is 13.0 Å². The van der Waals surface area contributed by atoms with Crippen LogP contribution in [-0.4, -0.2) is 45.7 Å². The SMILES string of the molecule is COc1cccc(CCC(=O)N2CCC([C@@H](O)c3nccn3C)CC2)c1. The van der Waals surface area contributed by atoms with Crippen molar-refractivity contribution in [1.82, 2.24) is 14.5 Å². The molecule has 1 saturated heterocycles. The Kier molecular flexibility index (Phi) is 5.93. The smallest absolute Gasteiger partial charge is 0.222 e. The quantitative estimate of drug-likeness (QED) is 0.862. The second kappa shape index (κ2) is 8.36. The number of aliphatic hydroxyl groups excluding tert-OH is 1. The number of amides is 1. The van der Waals surface area contributed by atoms with E-state index in [9.17, 15) is 9.90 Å². The number of aromatic nitrogens is 2. The van der Waals surface area contributed by atoms with Crippen LogP contribution in [0.3, 0.4) is 0 Å². The fourth-order valence-electron chi connectivity index (χ4n) is 3.57. The number of hydrogen-bond donors (Lipinski definition) is 1. The molecule has 0 unspecified atom stereocenters. The fraction of sp³-hybridized carbons (Fsp3) is 0.500. The highest BCUT2D eigenvalue weighted by molar-refractivity contribution is 5.76. The Balaban J connectivity index is 1.48. The highest BCUT2D eigenvalue weighted by atomic mass is 16.5. The van der Waals surface area contributed by atoms with Gasteiger partial charge in [-0.25, -0.2) is 4.98 Å². The van der Waals surface area contributed by atoms with Crippen molar-refractivity contribution >= 4 is 5.91 Å². The van der Waals surface area contributed by atoms with Crippen LogP contribution in [0.1, 0.15) is 36.8 Å². The number of piperidine rings is 1. The monoisotopic (exact) mass is 357 g/mol. The lowest BCUT2D eigenvalue weighted by Gasteiger charge is -2.34. The summed E-state index contributed by atoms with van der Waals surface area (Å²) in [5.41, 5.74) is 1.11. The van der Waals surface area contributed by atoms with Gasteiger partial charge in [-0.1, -0.05) is 12.1 Å². The Hall–Kier alpha value is -2.34. The van der Waals surface area contributed by atoms with Gasteiger partial charge in [0.2, 0.25) is 5.91 Å². The maximum Gasteiger partial charge on any atom is 0.222 e. The summed E-state index contributed by atoms with van der Waals surface area (Å²) in [6.45, 7) is 1.40. The van der Waals surface area contributed by atoms with Crippen molar-refractivity contribution in [3.05, 3.63) is 48.0 Å². The molecule has 3 rings (SSSR count). The number of hydrogen-bond acceptors (Lipinski definition) is 4. The third kappa shape index (κ3) is 4.25. The molecule has 0 radical (unpaired) electrons. The molecule has 1 aliphatic rings. The van der Waals surface area contributed by atoms with Crippen LogP contribution in [0.15, 0.2) is 36.7 Å². The molecular formula is C20H27N3O3. The Morgan fingerprint density at radius 1 is 1.38 bits per heavy atom. The molecule has 26 heavy (non-hydrogen) atoms. The van der Waals surface area contributed by atoms with E-state index >= 15 is 0 Å². The molecule has 0 aliphatic carbocycles. The summed E-state index contributed by atoms with van der Waals surface area (Å²) in [7, 11) is 3.54. The van der Waals surface area contributed by atoms with Crippen LogP contribution in [0, 0.1) is 5.92 Å². The first-order valence-electron chi connectivity index (χ1n) is 9.14. The van der Waals surface area contributed by atoms with E-state index in [1.807, 2.05) is 47.0 Å². The molecule has 140 valence electrons. The lowest BCUT2D eigenvalue weighted by atomic mass is 9.90. The molecule has 6 heteroatoms. The number of carbonyl (C=O) groups excluding carboxylic acids is 1. The summed E-state index contributed by atoms with van der Waals surface area (Å²) >= 11 is 0. The molecule has 0 spiro atoms. The van der Waals surface area contributed by atoms with Gasteiger partial charge in [0.05, 0.1) is 7.11 Å². The van der Waals surface area contributed by atoms with Gasteiger partial charge in [-0.05, 0) is 42.9 Å². The summed E-state index contributed by atoms with van der Waals surface area (Å²) in [6.07, 6.45) is 5.80. The summed E-state index contributed by atoms with van der Waals surface area (Å²) in [5, 5.41) is 10.5. The second-order valence-electron chi connectivity index (χ2n) is 6.91. The number of likely N-dealkylation sites (tertiary alicyclic amines) is 1. The first-order valence-corrected chi connectivity index (χ1v) is 9.14. The molecule has 1 atom stereocenters. The highest BCUT2D eigenvalue weighted by Gasteiger charge is 2.29. The zero-order valence-electron chi connectivity index (χ0n) is 15.5. The van der Waals surface area contributed by atoms with Gasteiger partial charge in [-0.3, -0.25) is 4.79 Å². The van der Waals surface area contributed by atoms with E-state index in [0.29, 0.717) is 31.8 Å². The molecule has 1 amide bonds. The van der Waals surface area contributed by atoms with Gasteiger partial charge in [0, 0.05) is 39.0 Å². The maximum atomic E-state index is 12.5. The Morgan fingerprint density at radius 2 is 2.15 bits per heavy atom. The first kappa shape index (κ1) is 18.5. The minimum absolute atomic E-state index is 0.151. The van der Waals surface area contributed by atoms with Crippen molar-refractivity contribution in [1.29, 1.82) is 0 Å². The fourth-order valence-corrected chi connectivity index (χ4v) is 3.57. The molecule has 1 fully saturated rings. The standard InChI is InChI=1S/C20H27N3O3/c1-22-13-10-21-20(22)19(25)16-8-11-23(12-9-16)18(24)7-6-15-4-3-5-17(14-15)26-2/h3-5,10,13-14,16,19,25H,6-9,11-12H2,1-2H3/t19-/m1/s1. The van der Waals surface area contributed by atoms with Crippen LogP contribution in [0.4, 0.5) is 0 Å².